The molecule has 4 nitrogen and oxygen atoms in total. The highest BCUT2D eigenvalue weighted by Crippen LogP contribution is 2.35. The first kappa shape index (κ1) is 19.3. The quantitative estimate of drug-likeness (QED) is 0.595. The fraction of sp³-hybridized carbons (Fsp3) is 0.350. The molecular weight excluding hydrogens is 384 g/mol. The van der Waals surface area contributed by atoms with Crippen LogP contribution in [0.4, 0.5) is 0 Å². The summed E-state index contributed by atoms with van der Waals surface area (Å²) in [5.74, 6) is 1.30. The summed E-state index contributed by atoms with van der Waals surface area (Å²) in [6.45, 7) is 8.42. The highest BCUT2D eigenvalue weighted by atomic mass is 79.9. The van der Waals surface area contributed by atoms with Gasteiger partial charge in [-0.25, -0.2) is 4.79 Å². The van der Waals surface area contributed by atoms with Crippen LogP contribution in [-0.4, -0.2) is 19.2 Å². The lowest BCUT2D eigenvalue weighted by atomic mass is 9.87. The standard InChI is InChI=1S/C20H23BrO4/c1-5-23-19(22)13-24-17-11-8-15(21)12-18(17)25-16-9-6-14(7-10-16)20(2,3)4/h6-12H,5,13H2,1-4H3. The molecule has 0 aliphatic carbocycles. The fourth-order valence-corrected chi connectivity index (χ4v) is 2.51. The van der Waals surface area contributed by atoms with E-state index in [4.69, 9.17) is 14.2 Å². The smallest absolute Gasteiger partial charge is 0.344 e. The summed E-state index contributed by atoms with van der Waals surface area (Å²) in [5, 5.41) is 0. The van der Waals surface area contributed by atoms with Crippen molar-refractivity contribution in [2.75, 3.05) is 13.2 Å². The van der Waals surface area contributed by atoms with Gasteiger partial charge in [-0.1, -0.05) is 48.8 Å². The van der Waals surface area contributed by atoms with Crippen LogP contribution in [0.25, 0.3) is 0 Å². The van der Waals surface area contributed by atoms with Crippen LogP contribution in [0.15, 0.2) is 46.9 Å². The first-order valence-corrected chi connectivity index (χ1v) is 8.95. The minimum Gasteiger partial charge on any atom is -0.478 e. The Morgan fingerprint density at radius 3 is 2.32 bits per heavy atom. The number of carbonyl (C=O) groups excluding carboxylic acids is 1. The van der Waals surface area contributed by atoms with Gasteiger partial charge < -0.3 is 14.2 Å². The van der Waals surface area contributed by atoms with Gasteiger partial charge in [-0.15, -0.1) is 0 Å². The molecule has 5 heteroatoms. The third kappa shape index (κ3) is 5.78. The summed E-state index contributed by atoms with van der Waals surface area (Å²) in [4.78, 5) is 11.5. The Kier molecular flexibility index (Phi) is 6.48. The molecule has 2 aromatic rings. The molecule has 0 aliphatic heterocycles. The predicted octanol–water partition coefficient (Wildman–Crippen LogP) is 5.48. The molecule has 0 bridgehead atoms. The molecule has 0 saturated heterocycles. The van der Waals surface area contributed by atoms with Crippen LogP contribution in [-0.2, 0) is 14.9 Å². The molecule has 2 aromatic carbocycles. The number of hydrogen-bond acceptors (Lipinski definition) is 4. The number of carbonyl (C=O) groups is 1. The molecule has 0 radical (unpaired) electrons. The van der Waals surface area contributed by atoms with Crippen LogP contribution in [0.5, 0.6) is 17.2 Å². The number of esters is 1. The summed E-state index contributed by atoms with van der Waals surface area (Å²) >= 11 is 3.43. The average molecular weight is 407 g/mol. The van der Waals surface area contributed by atoms with Crippen LogP contribution in [0.2, 0.25) is 0 Å². The van der Waals surface area contributed by atoms with Crippen molar-refractivity contribution in [3.8, 4) is 17.2 Å². The molecule has 25 heavy (non-hydrogen) atoms. The second-order valence-electron chi connectivity index (χ2n) is 6.56. The number of benzene rings is 2. The average Bonchev–Trinajstić information content (AvgIpc) is 2.54. The van der Waals surface area contributed by atoms with E-state index in [0.717, 1.165) is 4.47 Å². The van der Waals surface area contributed by atoms with Gasteiger partial charge in [0.25, 0.3) is 0 Å². The molecule has 0 unspecified atom stereocenters. The molecule has 0 fully saturated rings. The molecule has 134 valence electrons. The molecular formula is C20H23BrO4. The van der Waals surface area contributed by atoms with Gasteiger partial charge in [0, 0.05) is 4.47 Å². The molecule has 0 N–H and O–H groups in total. The molecule has 0 aromatic heterocycles. The summed E-state index contributed by atoms with van der Waals surface area (Å²) in [6.07, 6.45) is 0. The molecule has 0 aliphatic rings. The minimum absolute atomic E-state index is 0.0855. The maximum atomic E-state index is 11.5. The Morgan fingerprint density at radius 2 is 1.72 bits per heavy atom. The SMILES string of the molecule is CCOC(=O)COc1ccc(Br)cc1Oc1ccc(C(C)(C)C)cc1. The van der Waals surface area contributed by atoms with Crippen LogP contribution in [0.1, 0.15) is 33.3 Å². The summed E-state index contributed by atoms with van der Waals surface area (Å²) in [7, 11) is 0. The van der Waals surface area contributed by atoms with Crippen LogP contribution in [0, 0.1) is 0 Å². The zero-order chi connectivity index (χ0) is 18.4. The Hall–Kier alpha value is -2.01. The van der Waals surface area contributed by atoms with E-state index in [0.29, 0.717) is 23.9 Å². The van der Waals surface area contributed by atoms with Crippen molar-refractivity contribution in [2.24, 2.45) is 0 Å². The van der Waals surface area contributed by atoms with E-state index in [1.54, 1.807) is 19.1 Å². The summed E-state index contributed by atoms with van der Waals surface area (Å²) < 4.78 is 17.2. The normalized spacial score (nSPS) is 11.1. The van der Waals surface area contributed by atoms with E-state index in [9.17, 15) is 4.79 Å². The monoisotopic (exact) mass is 406 g/mol. The van der Waals surface area contributed by atoms with E-state index >= 15 is 0 Å². The second-order valence-corrected chi connectivity index (χ2v) is 7.48. The molecule has 0 heterocycles. The number of ether oxygens (including phenoxy) is 3. The third-order valence-corrected chi connectivity index (χ3v) is 4.00. The Bertz CT molecular complexity index is 717. The number of halogens is 1. The van der Waals surface area contributed by atoms with Gasteiger partial charge in [-0.3, -0.25) is 0 Å². The summed E-state index contributed by atoms with van der Waals surface area (Å²) in [6, 6.07) is 13.3. The second kappa shape index (κ2) is 8.39. The number of hydrogen-bond donors (Lipinski definition) is 0. The van der Waals surface area contributed by atoms with Gasteiger partial charge in [-0.05, 0) is 48.2 Å². The first-order valence-electron chi connectivity index (χ1n) is 8.16. The minimum atomic E-state index is -0.411. The van der Waals surface area contributed by atoms with E-state index in [-0.39, 0.29) is 12.0 Å². The van der Waals surface area contributed by atoms with Crippen molar-refractivity contribution in [3.63, 3.8) is 0 Å². The van der Waals surface area contributed by atoms with Crippen LogP contribution < -0.4 is 9.47 Å². The highest BCUT2D eigenvalue weighted by molar-refractivity contribution is 9.10. The van der Waals surface area contributed by atoms with Gasteiger partial charge >= 0.3 is 5.97 Å². The Labute approximate surface area is 157 Å². The largest absolute Gasteiger partial charge is 0.478 e. The van der Waals surface area contributed by atoms with Crippen LogP contribution in [0.3, 0.4) is 0 Å². The van der Waals surface area contributed by atoms with Gasteiger partial charge in [0.1, 0.15) is 5.75 Å². The van der Waals surface area contributed by atoms with Crippen molar-refractivity contribution in [3.05, 3.63) is 52.5 Å². The van der Waals surface area contributed by atoms with E-state index in [1.807, 2.05) is 30.3 Å². The van der Waals surface area contributed by atoms with Crippen molar-refractivity contribution in [1.29, 1.82) is 0 Å². The lowest BCUT2D eigenvalue weighted by Gasteiger charge is -2.19. The molecule has 0 atom stereocenters. The third-order valence-electron chi connectivity index (χ3n) is 3.50. The highest BCUT2D eigenvalue weighted by Gasteiger charge is 2.14. The fourth-order valence-electron chi connectivity index (χ4n) is 2.17. The topological polar surface area (TPSA) is 44.8 Å². The van der Waals surface area contributed by atoms with E-state index in [2.05, 4.69) is 36.7 Å². The lowest BCUT2D eigenvalue weighted by Crippen LogP contribution is -2.14. The predicted molar refractivity (Wildman–Crippen MR) is 101 cm³/mol. The van der Waals surface area contributed by atoms with E-state index < -0.39 is 5.97 Å². The molecule has 2 rings (SSSR count). The van der Waals surface area contributed by atoms with Gasteiger partial charge in [-0.2, -0.15) is 0 Å². The zero-order valence-electron chi connectivity index (χ0n) is 15.0. The lowest BCUT2D eigenvalue weighted by molar-refractivity contribution is -0.145. The van der Waals surface area contributed by atoms with Gasteiger partial charge in [0.15, 0.2) is 18.1 Å². The van der Waals surface area contributed by atoms with Gasteiger partial charge in [0.05, 0.1) is 6.61 Å². The van der Waals surface area contributed by atoms with E-state index in [1.165, 1.54) is 5.56 Å². The van der Waals surface area contributed by atoms with Crippen molar-refractivity contribution >= 4 is 21.9 Å². The Morgan fingerprint density at radius 1 is 1.04 bits per heavy atom. The maximum absolute atomic E-state index is 11.5. The van der Waals surface area contributed by atoms with Crippen molar-refractivity contribution < 1.29 is 19.0 Å². The molecule has 0 amide bonds. The molecule has 0 saturated carbocycles. The summed E-state index contributed by atoms with van der Waals surface area (Å²) in [5.41, 5.74) is 1.32. The van der Waals surface area contributed by atoms with Crippen molar-refractivity contribution in [1.82, 2.24) is 0 Å². The van der Waals surface area contributed by atoms with Gasteiger partial charge in [0.2, 0.25) is 0 Å². The Balaban J connectivity index is 2.15. The van der Waals surface area contributed by atoms with Crippen LogP contribution >= 0.6 is 15.9 Å². The molecule has 0 spiro atoms. The zero-order valence-corrected chi connectivity index (χ0v) is 16.6. The van der Waals surface area contributed by atoms with Crippen molar-refractivity contribution in [2.45, 2.75) is 33.1 Å². The maximum Gasteiger partial charge on any atom is 0.344 e. The number of rotatable bonds is 6. The first-order chi connectivity index (χ1) is 11.8.